The van der Waals surface area contributed by atoms with Crippen LogP contribution >= 0.6 is 0 Å². The maximum atomic E-state index is 11.9. The van der Waals surface area contributed by atoms with Gasteiger partial charge in [0.2, 0.25) is 8.32 Å². The van der Waals surface area contributed by atoms with Gasteiger partial charge < -0.3 is 4.43 Å². The Balaban J connectivity index is 2.15. The first-order chi connectivity index (χ1) is 7.83. The highest BCUT2D eigenvalue weighted by Gasteiger charge is 2.48. The molecule has 2 nitrogen and oxygen atoms in total. The number of rotatable bonds is 3. The van der Waals surface area contributed by atoms with Crippen molar-refractivity contribution in [1.29, 1.82) is 0 Å². The fourth-order valence-corrected chi connectivity index (χ4v) is 4.37. The van der Waals surface area contributed by atoms with E-state index in [1.54, 1.807) is 6.92 Å². The van der Waals surface area contributed by atoms with Gasteiger partial charge in [-0.05, 0) is 57.8 Å². The first-order valence-corrected chi connectivity index (χ1v) is 10.1. The van der Waals surface area contributed by atoms with E-state index in [2.05, 4.69) is 25.7 Å². The largest absolute Gasteiger partial charge is 0.548 e. The van der Waals surface area contributed by atoms with Crippen molar-refractivity contribution in [3.05, 3.63) is 11.8 Å². The molecule has 2 atom stereocenters. The first-order valence-electron chi connectivity index (χ1n) is 6.73. The van der Waals surface area contributed by atoms with E-state index in [1.165, 1.54) is 12.8 Å². The van der Waals surface area contributed by atoms with Crippen LogP contribution in [-0.2, 0) is 9.22 Å². The molecule has 0 aliphatic heterocycles. The minimum atomic E-state index is -1.49. The average Bonchev–Trinajstić information content (AvgIpc) is 2.59. The normalized spacial score (nSPS) is 32.9. The zero-order valence-electron chi connectivity index (χ0n) is 11.5. The van der Waals surface area contributed by atoms with Crippen LogP contribution in [0.2, 0.25) is 19.6 Å². The van der Waals surface area contributed by atoms with Crippen molar-refractivity contribution < 1.29 is 9.22 Å². The van der Waals surface area contributed by atoms with Gasteiger partial charge in [-0.25, -0.2) is 0 Å². The quantitative estimate of drug-likeness (QED) is 0.712. The van der Waals surface area contributed by atoms with Crippen LogP contribution in [0.15, 0.2) is 11.8 Å². The van der Waals surface area contributed by atoms with Crippen molar-refractivity contribution in [3.8, 4) is 0 Å². The number of fused-ring (bicyclic) bond motifs is 1. The second-order valence-electron chi connectivity index (χ2n) is 6.59. The zero-order valence-corrected chi connectivity index (χ0v) is 12.5. The molecule has 0 aromatic heterocycles. The Morgan fingerprint density at radius 1 is 1.47 bits per heavy atom. The Kier molecular flexibility index (Phi) is 3.23. The smallest absolute Gasteiger partial charge is 0.241 e. The summed E-state index contributed by atoms with van der Waals surface area (Å²) in [5, 5.41) is 0. The topological polar surface area (TPSA) is 26.3 Å². The van der Waals surface area contributed by atoms with Gasteiger partial charge in [-0.3, -0.25) is 4.79 Å². The van der Waals surface area contributed by atoms with Crippen molar-refractivity contribution >= 4 is 14.1 Å². The fraction of sp³-hybridized carbons (Fsp3) is 0.786. The molecule has 0 saturated heterocycles. The van der Waals surface area contributed by atoms with E-state index in [-0.39, 0.29) is 5.41 Å². The third kappa shape index (κ3) is 2.49. The molecule has 1 saturated carbocycles. The summed E-state index contributed by atoms with van der Waals surface area (Å²) in [4.78, 5) is 11.9. The molecule has 2 aliphatic carbocycles. The standard InChI is InChI=1S/C14H24O2Si/c1-11(15)14-8-5-6-12(14)10-13(7-9-14)16-17(2,3)4/h7,12H,5-6,8-10H2,1-4H3/t12-,14+/m1/s1. The van der Waals surface area contributed by atoms with Gasteiger partial charge in [0.15, 0.2) is 0 Å². The number of carbonyl (C=O) groups excluding carboxylic acids is 1. The molecule has 17 heavy (non-hydrogen) atoms. The predicted molar refractivity (Wildman–Crippen MR) is 72.2 cm³/mol. The van der Waals surface area contributed by atoms with E-state index >= 15 is 0 Å². The molecule has 2 rings (SSSR count). The SMILES string of the molecule is CC(=O)[C@]12CC=C(O[Si](C)(C)C)C[C@H]1CCC2. The molecule has 0 N–H and O–H groups in total. The van der Waals surface area contributed by atoms with Crippen LogP contribution in [-0.4, -0.2) is 14.1 Å². The molecule has 0 heterocycles. The van der Waals surface area contributed by atoms with Gasteiger partial charge >= 0.3 is 0 Å². The molecule has 0 aromatic carbocycles. The maximum absolute atomic E-state index is 11.9. The number of allylic oxidation sites excluding steroid dienone is 2. The highest BCUT2D eigenvalue weighted by molar-refractivity contribution is 6.70. The Bertz CT molecular complexity index is 354. The summed E-state index contributed by atoms with van der Waals surface area (Å²) in [7, 11) is -1.49. The van der Waals surface area contributed by atoms with Crippen molar-refractivity contribution in [1.82, 2.24) is 0 Å². The van der Waals surface area contributed by atoms with Crippen LogP contribution in [0.1, 0.15) is 39.0 Å². The third-order valence-corrected chi connectivity index (χ3v) is 5.11. The van der Waals surface area contributed by atoms with Gasteiger partial charge in [-0.1, -0.05) is 6.42 Å². The maximum Gasteiger partial charge on any atom is 0.241 e. The van der Waals surface area contributed by atoms with Gasteiger partial charge in [0.1, 0.15) is 5.78 Å². The zero-order chi connectivity index (χ0) is 12.7. The molecule has 0 bridgehead atoms. The number of carbonyl (C=O) groups is 1. The number of Topliss-reactive ketones (excluding diaryl/α,β-unsaturated/α-hetero) is 1. The Morgan fingerprint density at radius 3 is 2.76 bits per heavy atom. The second-order valence-corrected chi connectivity index (χ2v) is 11.0. The van der Waals surface area contributed by atoms with Gasteiger partial charge in [0.25, 0.3) is 0 Å². The van der Waals surface area contributed by atoms with Gasteiger partial charge in [-0.15, -0.1) is 0 Å². The van der Waals surface area contributed by atoms with Crippen molar-refractivity contribution in [2.75, 3.05) is 0 Å². The highest BCUT2D eigenvalue weighted by atomic mass is 28.4. The lowest BCUT2D eigenvalue weighted by atomic mass is 9.68. The Hall–Kier alpha value is -0.573. The molecule has 0 unspecified atom stereocenters. The highest BCUT2D eigenvalue weighted by Crippen LogP contribution is 2.52. The van der Waals surface area contributed by atoms with Crippen molar-refractivity contribution in [2.24, 2.45) is 11.3 Å². The molecule has 0 radical (unpaired) electrons. The van der Waals surface area contributed by atoms with Crippen LogP contribution in [0.3, 0.4) is 0 Å². The summed E-state index contributed by atoms with van der Waals surface area (Å²) in [6.45, 7) is 8.43. The fourth-order valence-electron chi connectivity index (χ4n) is 3.42. The predicted octanol–water partition coefficient (Wildman–Crippen LogP) is 3.89. The van der Waals surface area contributed by atoms with Crippen LogP contribution < -0.4 is 0 Å². The summed E-state index contributed by atoms with van der Waals surface area (Å²) in [6, 6.07) is 0. The summed E-state index contributed by atoms with van der Waals surface area (Å²) in [5.74, 6) is 2.09. The lowest BCUT2D eigenvalue weighted by molar-refractivity contribution is -0.128. The summed E-state index contributed by atoms with van der Waals surface area (Å²) >= 11 is 0. The van der Waals surface area contributed by atoms with E-state index in [0.717, 1.165) is 25.0 Å². The van der Waals surface area contributed by atoms with Gasteiger partial charge in [0, 0.05) is 11.8 Å². The third-order valence-electron chi connectivity index (χ3n) is 4.24. The molecule has 0 amide bonds. The minimum absolute atomic E-state index is 0.0354. The average molecular weight is 252 g/mol. The molecule has 96 valence electrons. The molecule has 2 aliphatic rings. The van der Waals surface area contributed by atoms with E-state index in [0.29, 0.717) is 11.7 Å². The molecule has 0 aromatic rings. The van der Waals surface area contributed by atoms with Crippen molar-refractivity contribution in [2.45, 2.75) is 58.7 Å². The molecule has 0 spiro atoms. The van der Waals surface area contributed by atoms with Crippen molar-refractivity contribution in [3.63, 3.8) is 0 Å². The van der Waals surface area contributed by atoms with Crippen LogP contribution in [0, 0.1) is 11.3 Å². The summed E-state index contributed by atoms with van der Waals surface area (Å²) < 4.78 is 6.10. The Morgan fingerprint density at radius 2 is 2.18 bits per heavy atom. The second kappa shape index (κ2) is 4.27. The summed E-state index contributed by atoms with van der Waals surface area (Å²) in [5.41, 5.74) is -0.0354. The van der Waals surface area contributed by atoms with Gasteiger partial charge in [-0.2, -0.15) is 0 Å². The molecular formula is C14H24O2Si. The minimum Gasteiger partial charge on any atom is -0.548 e. The number of ketones is 1. The van der Waals surface area contributed by atoms with E-state index in [9.17, 15) is 4.79 Å². The lowest BCUT2D eigenvalue weighted by Crippen LogP contribution is -2.37. The number of hydrogen-bond acceptors (Lipinski definition) is 2. The van der Waals surface area contributed by atoms with Crippen LogP contribution in [0.5, 0.6) is 0 Å². The monoisotopic (exact) mass is 252 g/mol. The lowest BCUT2D eigenvalue weighted by Gasteiger charge is -2.38. The van der Waals surface area contributed by atoms with Crippen LogP contribution in [0.4, 0.5) is 0 Å². The van der Waals surface area contributed by atoms with E-state index in [1.807, 2.05) is 0 Å². The van der Waals surface area contributed by atoms with E-state index in [4.69, 9.17) is 4.43 Å². The van der Waals surface area contributed by atoms with Crippen LogP contribution in [0.25, 0.3) is 0 Å². The van der Waals surface area contributed by atoms with E-state index < -0.39 is 8.32 Å². The van der Waals surface area contributed by atoms with Gasteiger partial charge in [0.05, 0.1) is 5.76 Å². The molecule has 3 heteroatoms. The first kappa shape index (κ1) is 12.9. The molecule has 1 fully saturated rings. The Labute approximate surface area is 106 Å². The molecular weight excluding hydrogens is 228 g/mol. The summed E-state index contributed by atoms with van der Waals surface area (Å²) in [6.07, 6.45) is 7.59. The number of hydrogen-bond donors (Lipinski definition) is 0.